The number of allylic oxidation sites excluding steroid dienone is 1. The molecule has 0 saturated heterocycles. The summed E-state index contributed by atoms with van der Waals surface area (Å²) >= 11 is 1.55. The minimum Gasteiger partial charge on any atom is -0.362 e. The lowest BCUT2D eigenvalue weighted by Gasteiger charge is -2.13. The van der Waals surface area contributed by atoms with Crippen molar-refractivity contribution >= 4 is 35.3 Å². The van der Waals surface area contributed by atoms with Crippen LogP contribution in [0, 0.1) is 5.92 Å². The summed E-state index contributed by atoms with van der Waals surface area (Å²) in [4.78, 5) is 29.6. The fourth-order valence-corrected chi connectivity index (χ4v) is 4.05. The zero-order valence-electron chi connectivity index (χ0n) is 18.4. The number of thioether (sulfide) groups is 1. The Morgan fingerprint density at radius 3 is 2.72 bits per heavy atom. The van der Waals surface area contributed by atoms with Crippen molar-refractivity contribution in [3.05, 3.63) is 46.8 Å². The third-order valence-corrected chi connectivity index (χ3v) is 6.22. The fourth-order valence-electron chi connectivity index (χ4n) is 3.09. The molecule has 2 aliphatic rings. The molecule has 1 aliphatic heterocycles. The average Bonchev–Trinajstić information content (AvgIpc) is 3.32. The van der Waals surface area contributed by atoms with Crippen LogP contribution in [0.25, 0.3) is 0 Å². The van der Waals surface area contributed by atoms with Gasteiger partial charge < -0.3 is 20.5 Å². The van der Waals surface area contributed by atoms with Gasteiger partial charge in [-0.3, -0.25) is 10.1 Å². The lowest BCUT2D eigenvalue weighted by atomic mass is 9.93. The Morgan fingerprint density at radius 2 is 2.00 bits per heavy atom. The minimum atomic E-state index is -0.358. The van der Waals surface area contributed by atoms with Crippen molar-refractivity contribution < 1.29 is 14.1 Å². The fraction of sp³-hybridized carbons (Fsp3) is 0.455. The van der Waals surface area contributed by atoms with E-state index in [1.54, 1.807) is 24.0 Å². The number of carbonyl (C=O) groups excluding carboxylic acids is 2. The van der Waals surface area contributed by atoms with Gasteiger partial charge in [0.2, 0.25) is 5.91 Å². The summed E-state index contributed by atoms with van der Waals surface area (Å²) in [5, 5.41) is 15.5. The predicted molar refractivity (Wildman–Crippen MR) is 124 cm³/mol. The monoisotopic (exact) mass is 456 g/mol. The van der Waals surface area contributed by atoms with E-state index in [4.69, 9.17) is 4.52 Å². The van der Waals surface area contributed by atoms with Gasteiger partial charge in [-0.2, -0.15) is 0 Å². The van der Waals surface area contributed by atoms with Crippen LogP contribution in [0.4, 0.5) is 16.4 Å². The number of nitrogens with one attached hydrogen (secondary N) is 4. The van der Waals surface area contributed by atoms with Crippen molar-refractivity contribution in [1.82, 2.24) is 20.8 Å². The van der Waals surface area contributed by atoms with Gasteiger partial charge in [0.15, 0.2) is 11.3 Å². The second-order valence-corrected chi connectivity index (χ2v) is 10.2. The number of pyridine rings is 1. The van der Waals surface area contributed by atoms with Crippen LogP contribution in [0.15, 0.2) is 40.0 Å². The smallest absolute Gasteiger partial charge is 0.322 e. The van der Waals surface area contributed by atoms with Gasteiger partial charge in [0.25, 0.3) is 0 Å². The zero-order chi connectivity index (χ0) is 22.7. The van der Waals surface area contributed by atoms with E-state index in [-0.39, 0.29) is 28.8 Å². The maximum atomic E-state index is 12.3. The third kappa shape index (κ3) is 6.03. The number of rotatable bonds is 7. The van der Waals surface area contributed by atoms with Crippen molar-refractivity contribution in [2.24, 2.45) is 5.92 Å². The molecule has 1 atom stereocenters. The second kappa shape index (κ2) is 9.23. The van der Waals surface area contributed by atoms with Crippen LogP contribution in [0.5, 0.6) is 0 Å². The van der Waals surface area contributed by atoms with Gasteiger partial charge >= 0.3 is 6.03 Å². The highest BCUT2D eigenvalue weighted by Gasteiger charge is 2.29. The maximum absolute atomic E-state index is 12.3. The van der Waals surface area contributed by atoms with Crippen LogP contribution in [0.3, 0.4) is 0 Å². The highest BCUT2D eigenvalue weighted by atomic mass is 32.2. The Morgan fingerprint density at radius 1 is 1.19 bits per heavy atom. The number of aryl methyl sites for hydroxylation is 1. The molecule has 0 spiro atoms. The lowest BCUT2D eigenvalue weighted by molar-refractivity contribution is -0.117. The van der Waals surface area contributed by atoms with Gasteiger partial charge in [0, 0.05) is 34.7 Å². The first kappa shape index (κ1) is 22.2. The van der Waals surface area contributed by atoms with Crippen molar-refractivity contribution in [3.8, 4) is 0 Å². The molecule has 170 valence electrons. The van der Waals surface area contributed by atoms with Crippen molar-refractivity contribution in [2.45, 2.75) is 57.4 Å². The molecule has 4 rings (SSSR count). The molecule has 1 saturated carbocycles. The summed E-state index contributed by atoms with van der Waals surface area (Å²) in [6.45, 7) is 6.04. The summed E-state index contributed by atoms with van der Waals surface area (Å²) < 4.78 is 5.28. The number of hydrogen-bond acceptors (Lipinski definition) is 7. The predicted octanol–water partition coefficient (Wildman–Crippen LogP) is 3.93. The largest absolute Gasteiger partial charge is 0.362 e. The van der Waals surface area contributed by atoms with Gasteiger partial charge in [-0.05, 0) is 43.4 Å². The van der Waals surface area contributed by atoms with Crippen molar-refractivity contribution in [3.63, 3.8) is 0 Å². The summed E-state index contributed by atoms with van der Waals surface area (Å²) in [6.07, 6.45) is 7.19. The number of anilines is 2. The van der Waals surface area contributed by atoms with Crippen LogP contribution in [0.2, 0.25) is 0 Å². The Balaban J connectivity index is 1.20. The van der Waals surface area contributed by atoms with Crippen LogP contribution >= 0.6 is 11.8 Å². The first-order valence-corrected chi connectivity index (χ1v) is 11.6. The minimum absolute atomic E-state index is 0.0559. The third-order valence-electron chi connectivity index (χ3n) is 5.10. The molecule has 0 aromatic carbocycles. The Hall–Kier alpha value is -3.01. The summed E-state index contributed by atoms with van der Waals surface area (Å²) in [7, 11) is 0. The van der Waals surface area contributed by atoms with Gasteiger partial charge in [0.1, 0.15) is 11.6 Å². The van der Waals surface area contributed by atoms with Crippen LogP contribution < -0.4 is 21.3 Å². The van der Waals surface area contributed by atoms with E-state index >= 15 is 0 Å². The SMILES string of the molecule is CC(C)(C)c1cc(NC(=O)NC2NC=C(CCc3ccnc(NC(=O)C4CC4)c3)S2)no1. The molecular weight excluding hydrogens is 428 g/mol. The summed E-state index contributed by atoms with van der Waals surface area (Å²) in [6, 6.07) is 5.24. The van der Waals surface area contributed by atoms with E-state index in [2.05, 4.69) is 31.4 Å². The first-order chi connectivity index (χ1) is 15.3. The molecule has 2 aromatic heterocycles. The lowest BCUT2D eigenvalue weighted by Crippen LogP contribution is -2.41. The van der Waals surface area contributed by atoms with Crippen molar-refractivity contribution in [1.29, 1.82) is 0 Å². The average molecular weight is 457 g/mol. The number of nitrogens with zero attached hydrogens (tertiary/aromatic N) is 2. The van der Waals surface area contributed by atoms with E-state index in [0.717, 1.165) is 36.2 Å². The maximum Gasteiger partial charge on any atom is 0.322 e. The molecule has 2 aromatic rings. The van der Waals surface area contributed by atoms with Crippen LogP contribution in [0.1, 0.15) is 51.4 Å². The molecular formula is C22H28N6O3S. The van der Waals surface area contributed by atoms with E-state index in [0.29, 0.717) is 17.4 Å². The number of carbonyl (C=O) groups is 2. The molecule has 9 nitrogen and oxygen atoms in total. The normalized spacial score (nSPS) is 18.0. The molecule has 0 bridgehead atoms. The molecule has 0 radical (unpaired) electrons. The zero-order valence-corrected chi connectivity index (χ0v) is 19.2. The highest BCUT2D eigenvalue weighted by molar-refractivity contribution is 8.03. The van der Waals surface area contributed by atoms with Gasteiger partial charge in [-0.15, -0.1) is 0 Å². The van der Waals surface area contributed by atoms with Gasteiger partial charge in [-0.25, -0.2) is 9.78 Å². The van der Waals surface area contributed by atoms with E-state index < -0.39 is 0 Å². The molecule has 1 aliphatic carbocycles. The number of aromatic nitrogens is 2. The van der Waals surface area contributed by atoms with Gasteiger partial charge in [0.05, 0.1) is 0 Å². The van der Waals surface area contributed by atoms with E-state index in [9.17, 15) is 9.59 Å². The molecule has 32 heavy (non-hydrogen) atoms. The molecule has 3 amide bonds. The Kier molecular flexibility index (Phi) is 6.40. The quantitative estimate of drug-likeness (QED) is 0.498. The van der Waals surface area contributed by atoms with Crippen molar-refractivity contribution in [2.75, 3.05) is 10.6 Å². The van der Waals surface area contributed by atoms with Gasteiger partial charge in [-0.1, -0.05) is 37.7 Å². The van der Waals surface area contributed by atoms with E-state index in [1.165, 1.54) is 0 Å². The van der Waals surface area contributed by atoms with Crippen LogP contribution in [-0.4, -0.2) is 27.6 Å². The van der Waals surface area contributed by atoms with Crippen LogP contribution in [-0.2, 0) is 16.6 Å². The number of amides is 3. The molecule has 3 heterocycles. The second-order valence-electron chi connectivity index (χ2n) is 9.01. The first-order valence-electron chi connectivity index (χ1n) is 10.7. The number of urea groups is 1. The van der Waals surface area contributed by atoms with E-state index in [1.807, 2.05) is 39.1 Å². The topological polar surface area (TPSA) is 121 Å². The summed E-state index contributed by atoms with van der Waals surface area (Å²) in [5.41, 5.74) is 0.663. The molecule has 10 heteroatoms. The Labute approximate surface area is 191 Å². The molecule has 1 fully saturated rings. The molecule has 1 unspecified atom stereocenters. The highest BCUT2D eigenvalue weighted by Crippen LogP contribution is 2.31. The standard InChI is InChI=1S/C22H28N6O3S/c1-22(2,3)16-11-18(28-31-16)26-20(30)27-21-24-12-15(32-21)7-4-13-8-9-23-17(10-13)25-19(29)14-5-6-14/h8-12,14,21,24H,4-7H2,1-3H3,(H,23,25,29)(H2,26,27,28,30). The summed E-state index contributed by atoms with van der Waals surface area (Å²) in [5.74, 6) is 1.89. The Bertz CT molecular complexity index is 1020. The number of hydrogen-bond donors (Lipinski definition) is 4. The molecule has 4 N–H and O–H groups in total.